The van der Waals surface area contributed by atoms with E-state index in [0.717, 1.165) is 16.7 Å². The van der Waals surface area contributed by atoms with Crippen LogP contribution in [0.15, 0.2) is 23.2 Å². The summed E-state index contributed by atoms with van der Waals surface area (Å²) in [6.07, 6.45) is 5.72. The Morgan fingerprint density at radius 2 is 1.91 bits per heavy atom. The van der Waals surface area contributed by atoms with Crippen molar-refractivity contribution >= 4 is 31.3 Å². The molecule has 0 aromatic heterocycles. The van der Waals surface area contributed by atoms with Gasteiger partial charge in [-0.1, -0.05) is 44.6 Å². The van der Waals surface area contributed by atoms with Gasteiger partial charge in [0.2, 0.25) is 0 Å². The molecule has 0 heterocycles. The van der Waals surface area contributed by atoms with Gasteiger partial charge in [0.1, 0.15) is 5.75 Å². The van der Waals surface area contributed by atoms with E-state index in [4.69, 9.17) is 22.0 Å². The first kappa shape index (κ1) is 20.4. The minimum absolute atomic E-state index is 0.369. The van der Waals surface area contributed by atoms with Crippen LogP contribution in [0.1, 0.15) is 30.4 Å². The Morgan fingerprint density at radius 1 is 1.27 bits per heavy atom. The quantitative estimate of drug-likeness (QED) is 0.473. The van der Waals surface area contributed by atoms with Crippen molar-refractivity contribution in [3.63, 3.8) is 0 Å². The molecule has 2 atom stereocenters. The molecule has 0 radical (unpaired) electrons. The van der Waals surface area contributed by atoms with Crippen LogP contribution in [0.3, 0.4) is 0 Å². The van der Waals surface area contributed by atoms with E-state index in [1.807, 2.05) is 31.3 Å². The third-order valence-electron chi connectivity index (χ3n) is 4.27. The van der Waals surface area contributed by atoms with Gasteiger partial charge in [0.15, 0.2) is 0 Å². The first-order chi connectivity index (χ1) is 10.3. The summed E-state index contributed by atoms with van der Waals surface area (Å²) in [6, 6.07) is 6.30. The van der Waals surface area contributed by atoms with Gasteiger partial charge in [-0.25, -0.2) is 0 Å². The Morgan fingerprint density at radius 3 is 2.50 bits per heavy atom. The van der Waals surface area contributed by atoms with Crippen molar-refractivity contribution in [1.82, 2.24) is 0 Å². The summed E-state index contributed by atoms with van der Waals surface area (Å²) in [5, 5.41) is 10.0. The Labute approximate surface area is 154 Å². The van der Waals surface area contributed by atoms with Crippen LogP contribution in [0, 0.1) is 6.92 Å². The van der Waals surface area contributed by atoms with E-state index >= 15 is 0 Å². The van der Waals surface area contributed by atoms with Crippen LogP contribution in [0.4, 0.5) is 0 Å². The van der Waals surface area contributed by atoms with Crippen LogP contribution in [-0.2, 0) is 20.8 Å². The molecule has 1 aromatic rings. The molecule has 2 nitrogen and oxygen atoms in total. The molecule has 6 heteroatoms. The molecular formula is C16H25Cl2NOSiZr. The fourth-order valence-corrected chi connectivity index (χ4v) is 5.57. The van der Waals surface area contributed by atoms with Crippen molar-refractivity contribution in [3.05, 3.63) is 29.3 Å². The van der Waals surface area contributed by atoms with Crippen molar-refractivity contribution in [3.8, 4) is 5.75 Å². The molecule has 2 unspecified atom stereocenters. The number of halogens is 2. The summed E-state index contributed by atoms with van der Waals surface area (Å²) in [5.74, 6) is 0.369. The molecule has 122 valence electrons. The Hall–Kier alpha value is 0.370. The van der Waals surface area contributed by atoms with Crippen molar-refractivity contribution in [2.24, 2.45) is 4.99 Å². The summed E-state index contributed by atoms with van der Waals surface area (Å²) < 4.78 is 0. The Kier molecular flexibility index (Phi) is 8.92. The van der Waals surface area contributed by atoms with Crippen LogP contribution >= 0.6 is 17.0 Å². The number of hydrogen-bond donors (Lipinski definition) is 1. The minimum atomic E-state index is -1.13. The van der Waals surface area contributed by atoms with Gasteiger partial charge >= 0.3 is 37.9 Å². The van der Waals surface area contributed by atoms with Crippen molar-refractivity contribution < 1.29 is 26.0 Å². The fourth-order valence-electron chi connectivity index (χ4n) is 3.09. The van der Waals surface area contributed by atoms with Gasteiger partial charge in [-0.3, -0.25) is 4.99 Å². The third-order valence-corrected chi connectivity index (χ3v) is 7.16. The topological polar surface area (TPSA) is 32.6 Å². The van der Waals surface area contributed by atoms with Crippen molar-refractivity contribution in [2.45, 2.75) is 57.4 Å². The van der Waals surface area contributed by atoms with E-state index in [-0.39, 0.29) is 0 Å². The number of benzene rings is 1. The molecule has 2 rings (SSSR count). The molecule has 1 fully saturated rings. The number of phenolic OH excluding ortho intramolecular Hbond substituents is 1. The maximum absolute atomic E-state index is 10.0. The van der Waals surface area contributed by atoms with Crippen molar-refractivity contribution in [1.29, 1.82) is 0 Å². The second-order valence-electron chi connectivity index (χ2n) is 6.83. The summed E-state index contributed by atoms with van der Waals surface area (Å²) in [6.45, 7) is 9.24. The zero-order chi connectivity index (χ0) is 16.8. The predicted molar refractivity (Wildman–Crippen MR) is 96.9 cm³/mol. The molecular weight excluding hydrogens is 412 g/mol. The number of nitrogens with zero attached hydrogens (tertiary/aromatic N) is 1. The normalized spacial score (nSPS) is 21.5. The van der Waals surface area contributed by atoms with Gasteiger partial charge in [0.25, 0.3) is 0 Å². The van der Waals surface area contributed by atoms with Crippen molar-refractivity contribution in [2.75, 3.05) is 0 Å². The molecule has 1 N–H and O–H groups in total. The van der Waals surface area contributed by atoms with E-state index in [1.165, 1.54) is 19.3 Å². The summed E-state index contributed by atoms with van der Waals surface area (Å²) >= 11 is -0.826. The number of rotatable bonds is 3. The molecule has 0 aliphatic heterocycles. The van der Waals surface area contributed by atoms with Crippen LogP contribution in [0.2, 0.25) is 25.2 Å². The molecule has 0 amide bonds. The number of phenols is 1. The monoisotopic (exact) mass is 435 g/mol. The predicted octanol–water partition coefficient (Wildman–Crippen LogP) is 5.76. The van der Waals surface area contributed by atoms with E-state index in [2.05, 4.69) is 19.6 Å². The zero-order valence-electron chi connectivity index (χ0n) is 13.7. The zero-order valence-corrected chi connectivity index (χ0v) is 18.7. The van der Waals surface area contributed by atoms with E-state index < -0.39 is 28.9 Å². The van der Waals surface area contributed by atoms with Gasteiger partial charge in [-0.05, 0) is 30.5 Å². The summed E-state index contributed by atoms with van der Waals surface area (Å²) in [5.41, 5.74) is 2.55. The number of hydrogen-bond acceptors (Lipinski definition) is 2. The van der Waals surface area contributed by atoms with E-state index in [0.29, 0.717) is 11.8 Å². The van der Waals surface area contributed by atoms with Gasteiger partial charge < -0.3 is 5.11 Å². The number of para-hydroxylation sites is 1. The van der Waals surface area contributed by atoms with Crippen LogP contribution < -0.4 is 0 Å². The second kappa shape index (κ2) is 9.61. The average Bonchev–Trinajstić information content (AvgIpc) is 2.90. The molecule has 22 heavy (non-hydrogen) atoms. The van der Waals surface area contributed by atoms with E-state index in [9.17, 15) is 5.11 Å². The van der Waals surface area contributed by atoms with Gasteiger partial charge in [-0.2, -0.15) is 0 Å². The SMILES string of the molecule is Cc1cccc(C=NC2CCCC2[Si](C)(C)C)c1O.[Cl][Zr][Cl]. The first-order valence-corrected chi connectivity index (χ1v) is 17.5. The molecule has 1 aromatic carbocycles. The number of aliphatic imine (C=N–C) groups is 1. The molecule has 1 saturated carbocycles. The average molecular weight is 438 g/mol. The first-order valence-electron chi connectivity index (χ1n) is 7.59. The Bertz CT molecular complexity index is 505. The van der Waals surface area contributed by atoms with Gasteiger partial charge in [-0.15, -0.1) is 0 Å². The summed E-state index contributed by atoms with van der Waals surface area (Å²) in [7, 11) is 8.74. The molecule has 0 saturated heterocycles. The van der Waals surface area contributed by atoms with Crippen LogP contribution in [0.25, 0.3) is 0 Å². The number of aryl methyl sites for hydroxylation is 1. The van der Waals surface area contributed by atoms with Crippen LogP contribution in [0.5, 0.6) is 5.75 Å². The fraction of sp³-hybridized carbons (Fsp3) is 0.562. The summed E-state index contributed by atoms with van der Waals surface area (Å²) in [4.78, 5) is 4.79. The molecule has 0 spiro atoms. The number of aromatic hydroxyl groups is 1. The molecule has 1 aliphatic rings. The maximum atomic E-state index is 10.0. The Balaban J connectivity index is 0.000000745. The standard InChI is InChI=1S/C16H25NOSi.2ClH.Zr/c1-12-7-5-8-13(16(12)18)11-17-14-9-6-10-15(14)19(2,3)4;;;/h5,7-8,11,14-15,18H,6,9-10H2,1-4H3;2*1H;/q;;;+2/p-2. The van der Waals surface area contributed by atoms with Crippen LogP contribution in [-0.4, -0.2) is 25.4 Å². The van der Waals surface area contributed by atoms with Gasteiger partial charge in [0, 0.05) is 19.9 Å². The third kappa shape index (κ3) is 6.11. The molecule has 1 aliphatic carbocycles. The molecule has 0 bridgehead atoms. The second-order valence-corrected chi connectivity index (χ2v) is 16.0. The van der Waals surface area contributed by atoms with Gasteiger partial charge in [0.05, 0.1) is 6.04 Å². The van der Waals surface area contributed by atoms with E-state index in [1.54, 1.807) is 0 Å².